The van der Waals surface area contributed by atoms with E-state index in [0.717, 1.165) is 11.8 Å². The van der Waals surface area contributed by atoms with Crippen LogP contribution in [0.4, 0.5) is 0 Å². The molecule has 0 bridgehead atoms. The van der Waals surface area contributed by atoms with Crippen LogP contribution in [0.25, 0.3) is 0 Å². The number of para-hydroxylation sites is 1. The first-order valence-electron chi connectivity index (χ1n) is 5.97. The lowest BCUT2D eigenvalue weighted by Crippen LogP contribution is -2.12. The molecule has 3 nitrogen and oxygen atoms in total. The van der Waals surface area contributed by atoms with E-state index in [1.54, 1.807) is 24.3 Å². The summed E-state index contributed by atoms with van der Waals surface area (Å²) in [5.41, 5.74) is 2.09. The Morgan fingerprint density at radius 3 is 2.42 bits per heavy atom. The summed E-state index contributed by atoms with van der Waals surface area (Å²) in [7, 11) is 0. The summed E-state index contributed by atoms with van der Waals surface area (Å²) in [6.07, 6.45) is 0.748. The zero-order chi connectivity index (χ0) is 13.7. The fourth-order valence-electron chi connectivity index (χ4n) is 1.69. The van der Waals surface area contributed by atoms with Crippen LogP contribution in [0.2, 0.25) is 0 Å². The Hall–Kier alpha value is -2.42. The van der Waals surface area contributed by atoms with Crippen molar-refractivity contribution in [3.8, 4) is 5.75 Å². The molecule has 0 fully saturated rings. The third-order valence-electron chi connectivity index (χ3n) is 2.82. The van der Waals surface area contributed by atoms with E-state index in [4.69, 9.17) is 4.74 Å². The smallest absolute Gasteiger partial charge is 0.200 e. The van der Waals surface area contributed by atoms with E-state index in [2.05, 4.69) is 0 Å². The molecule has 0 N–H and O–H groups in total. The van der Waals surface area contributed by atoms with Gasteiger partial charge in [-0.05, 0) is 18.6 Å². The van der Waals surface area contributed by atoms with Crippen LogP contribution >= 0.6 is 0 Å². The van der Waals surface area contributed by atoms with Crippen LogP contribution in [0.5, 0.6) is 5.75 Å². The summed E-state index contributed by atoms with van der Waals surface area (Å²) in [5, 5.41) is 0. The molecule has 0 aliphatic carbocycles. The van der Waals surface area contributed by atoms with Crippen molar-refractivity contribution in [3.05, 3.63) is 65.2 Å². The number of carbonyl (C=O) groups is 2. The van der Waals surface area contributed by atoms with Gasteiger partial charge in [0, 0.05) is 11.1 Å². The number of carbonyl (C=O) groups excluding carboxylic acids is 2. The number of hydrogen-bond donors (Lipinski definition) is 0. The highest BCUT2D eigenvalue weighted by Gasteiger charge is 2.07. The molecule has 19 heavy (non-hydrogen) atoms. The van der Waals surface area contributed by atoms with E-state index in [0.29, 0.717) is 16.9 Å². The summed E-state index contributed by atoms with van der Waals surface area (Å²) in [5.74, 6) is 0.598. The summed E-state index contributed by atoms with van der Waals surface area (Å²) < 4.78 is 5.49. The Morgan fingerprint density at radius 2 is 1.79 bits per heavy atom. The molecule has 2 aromatic rings. The second kappa shape index (κ2) is 5.96. The minimum Gasteiger partial charge on any atom is -0.485 e. The van der Waals surface area contributed by atoms with Gasteiger partial charge in [0.05, 0.1) is 0 Å². The molecule has 0 radical (unpaired) electrons. The fourth-order valence-corrected chi connectivity index (χ4v) is 1.69. The van der Waals surface area contributed by atoms with Gasteiger partial charge in [0.2, 0.25) is 0 Å². The van der Waals surface area contributed by atoms with Crippen molar-refractivity contribution in [2.75, 3.05) is 6.61 Å². The number of aryl methyl sites for hydroxylation is 1. The van der Waals surface area contributed by atoms with E-state index >= 15 is 0 Å². The van der Waals surface area contributed by atoms with Crippen LogP contribution in [-0.4, -0.2) is 18.7 Å². The summed E-state index contributed by atoms with van der Waals surface area (Å²) in [4.78, 5) is 22.4. The number of rotatable bonds is 5. The highest BCUT2D eigenvalue weighted by molar-refractivity contribution is 5.97. The first-order chi connectivity index (χ1) is 9.20. The van der Waals surface area contributed by atoms with Gasteiger partial charge < -0.3 is 4.74 Å². The predicted octanol–water partition coefficient (Wildman–Crippen LogP) is 3.07. The number of benzene rings is 2. The van der Waals surface area contributed by atoms with Crippen molar-refractivity contribution in [2.24, 2.45) is 0 Å². The molecule has 0 unspecified atom stereocenters. The largest absolute Gasteiger partial charge is 0.485 e. The summed E-state index contributed by atoms with van der Waals surface area (Å²) in [6, 6.07) is 14.0. The van der Waals surface area contributed by atoms with Crippen LogP contribution in [0.1, 0.15) is 26.3 Å². The Balaban J connectivity index is 2.01. The minimum absolute atomic E-state index is 0.00864. The molecule has 2 rings (SSSR count). The molecule has 0 saturated heterocycles. The van der Waals surface area contributed by atoms with Crippen molar-refractivity contribution in [1.29, 1.82) is 0 Å². The Bertz CT molecular complexity index is 585. The second-order valence-corrected chi connectivity index (χ2v) is 4.22. The fraction of sp³-hybridized carbons (Fsp3) is 0.125. The van der Waals surface area contributed by atoms with Crippen molar-refractivity contribution in [3.63, 3.8) is 0 Å². The highest BCUT2D eigenvalue weighted by atomic mass is 16.5. The average Bonchev–Trinajstić information content (AvgIpc) is 2.46. The molecule has 0 spiro atoms. The number of Topliss-reactive ketones (excluding diaryl/α,β-unsaturated/α-hetero) is 1. The van der Waals surface area contributed by atoms with Gasteiger partial charge in [-0.1, -0.05) is 42.5 Å². The van der Waals surface area contributed by atoms with Gasteiger partial charge in [0.1, 0.15) is 12.0 Å². The quantitative estimate of drug-likeness (QED) is 0.608. The van der Waals surface area contributed by atoms with E-state index < -0.39 is 0 Å². The standard InChI is InChI=1S/C16H14O3/c1-12-4-2-3-5-16(12)19-11-15(18)14-8-6-13(10-17)7-9-14/h2-10H,11H2,1H3. The topological polar surface area (TPSA) is 43.4 Å². The van der Waals surface area contributed by atoms with Crippen LogP contribution < -0.4 is 4.74 Å². The molecule has 0 saturated carbocycles. The second-order valence-electron chi connectivity index (χ2n) is 4.22. The van der Waals surface area contributed by atoms with Gasteiger partial charge >= 0.3 is 0 Å². The number of ketones is 1. The molecule has 2 aromatic carbocycles. The molecule has 0 aromatic heterocycles. The molecule has 0 aliphatic rings. The van der Waals surface area contributed by atoms with Crippen LogP contribution in [0.15, 0.2) is 48.5 Å². The van der Waals surface area contributed by atoms with Crippen molar-refractivity contribution < 1.29 is 14.3 Å². The van der Waals surface area contributed by atoms with Crippen molar-refractivity contribution >= 4 is 12.1 Å². The zero-order valence-electron chi connectivity index (χ0n) is 10.6. The third-order valence-corrected chi connectivity index (χ3v) is 2.82. The van der Waals surface area contributed by atoms with Gasteiger partial charge in [0.15, 0.2) is 12.4 Å². The highest BCUT2D eigenvalue weighted by Crippen LogP contribution is 2.16. The first kappa shape index (κ1) is 13.0. The molecule has 3 heteroatoms. The Morgan fingerprint density at radius 1 is 1.11 bits per heavy atom. The van der Waals surface area contributed by atoms with Crippen molar-refractivity contribution in [1.82, 2.24) is 0 Å². The number of hydrogen-bond acceptors (Lipinski definition) is 3. The van der Waals surface area contributed by atoms with Crippen LogP contribution in [-0.2, 0) is 0 Å². The zero-order valence-corrected chi connectivity index (χ0v) is 10.6. The normalized spacial score (nSPS) is 9.95. The van der Waals surface area contributed by atoms with Gasteiger partial charge in [-0.2, -0.15) is 0 Å². The molecule has 0 atom stereocenters. The van der Waals surface area contributed by atoms with E-state index in [1.807, 2.05) is 31.2 Å². The molecular weight excluding hydrogens is 240 g/mol. The maximum Gasteiger partial charge on any atom is 0.200 e. The predicted molar refractivity (Wildman–Crippen MR) is 72.8 cm³/mol. The maximum atomic E-state index is 11.9. The third kappa shape index (κ3) is 3.28. The molecular formula is C16H14O3. The number of ether oxygens (including phenoxy) is 1. The monoisotopic (exact) mass is 254 g/mol. The van der Waals surface area contributed by atoms with E-state index in [-0.39, 0.29) is 12.4 Å². The SMILES string of the molecule is Cc1ccccc1OCC(=O)c1ccc(C=O)cc1. The molecule has 96 valence electrons. The lowest BCUT2D eigenvalue weighted by Gasteiger charge is -2.08. The maximum absolute atomic E-state index is 11.9. The van der Waals surface area contributed by atoms with Gasteiger partial charge in [-0.25, -0.2) is 0 Å². The minimum atomic E-state index is -0.110. The summed E-state index contributed by atoms with van der Waals surface area (Å²) >= 11 is 0. The van der Waals surface area contributed by atoms with E-state index in [1.165, 1.54) is 0 Å². The molecule has 0 aliphatic heterocycles. The van der Waals surface area contributed by atoms with Crippen molar-refractivity contribution in [2.45, 2.75) is 6.92 Å². The average molecular weight is 254 g/mol. The first-order valence-corrected chi connectivity index (χ1v) is 5.97. The lowest BCUT2D eigenvalue weighted by molar-refractivity contribution is 0.0920. The summed E-state index contributed by atoms with van der Waals surface area (Å²) in [6.45, 7) is 1.92. The number of aldehydes is 1. The van der Waals surface area contributed by atoms with Gasteiger partial charge in [0.25, 0.3) is 0 Å². The van der Waals surface area contributed by atoms with Crippen LogP contribution in [0, 0.1) is 6.92 Å². The van der Waals surface area contributed by atoms with E-state index in [9.17, 15) is 9.59 Å². The van der Waals surface area contributed by atoms with Gasteiger partial charge in [-0.15, -0.1) is 0 Å². The van der Waals surface area contributed by atoms with Crippen LogP contribution in [0.3, 0.4) is 0 Å². The molecule has 0 amide bonds. The Labute approximate surface area is 111 Å². The Kier molecular flexibility index (Phi) is 4.08. The lowest BCUT2D eigenvalue weighted by atomic mass is 10.1. The van der Waals surface area contributed by atoms with Gasteiger partial charge in [-0.3, -0.25) is 9.59 Å². The molecule has 0 heterocycles.